The highest BCUT2D eigenvalue weighted by molar-refractivity contribution is 6.18. The van der Waals surface area contributed by atoms with E-state index in [1.54, 1.807) is 36.4 Å². The minimum absolute atomic E-state index is 0.0797. The molecule has 29 heavy (non-hydrogen) atoms. The van der Waals surface area contributed by atoms with Crippen molar-refractivity contribution in [1.29, 1.82) is 0 Å². The number of hydrogen-bond donors (Lipinski definition) is 3. The average Bonchev–Trinajstić information content (AvgIpc) is 3.06. The largest absolute Gasteiger partial charge is 0.397 e. The number of para-hydroxylation sites is 3. The van der Waals surface area contributed by atoms with E-state index in [0.29, 0.717) is 28.3 Å². The molecule has 3 aromatic carbocycles. The van der Waals surface area contributed by atoms with Crippen LogP contribution in [0, 0.1) is 0 Å². The fourth-order valence-electron chi connectivity index (χ4n) is 3.38. The highest BCUT2D eigenvalue weighted by Crippen LogP contribution is 2.34. The number of benzene rings is 3. The monoisotopic (exact) mass is 384 g/mol. The zero-order chi connectivity index (χ0) is 20.4. The summed E-state index contributed by atoms with van der Waals surface area (Å²) in [7, 11) is 0. The zero-order valence-electron chi connectivity index (χ0n) is 15.8. The third-order valence-corrected chi connectivity index (χ3v) is 4.85. The summed E-state index contributed by atoms with van der Waals surface area (Å²) in [6.45, 7) is 1.84. The molecule has 0 aromatic heterocycles. The second kappa shape index (κ2) is 7.59. The SMILES string of the molecule is CC(=Nc1ccc(C(=O)Nc2ccccc2N)cc1)C1C(=O)Nc2ccccc21. The van der Waals surface area contributed by atoms with E-state index in [0.717, 1.165) is 11.3 Å². The summed E-state index contributed by atoms with van der Waals surface area (Å²) < 4.78 is 0. The quantitative estimate of drug-likeness (QED) is 0.461. The Balaban J connectivity index is 1.51. The topological polar surface area (TPSA) is 96.6 Å². The molecular formula is C23H20N4O2. The van der Waals surface area contributed by atoms with Gasteiger partial charge in [0, 0.05) is 17.0 Å². The van der Waals surface area contributed by atoms with Crippen LogP contribution in [-0.4, -0.2) is 17.5 Å². The maximum absolute atomic E-state index is 12.4. The Morgan fingerprint density at radius 3 is 2.45 bits per heavy atom. The minimum atomic E-state index is -0.407. The molecule has 0 spiro atoms. The normalized spacial score (nSPS) is 15.6. The molecule has 0 saturated carbocycles. The van der Waals surface area contributed by atoms with Crippen molar-refractivity contribution in [3.63, 3.8) is 0 Å². The smallest absolute Gasteiger partial charge is 0.255 e. The van der Waals surface area contributed by atoms with Gasteiger partial charge in [-0.3, -0.25) is 14.6 Å². The van der Waals surface area contributed by atoms with Crippen LogP contribution in [0.2, 0.25) is 0 Å². The van der Waals surface area contributed by atoms with Gasteiger partial charge in [0.25, 0.3) is 5.91 Å². The van der Waals surface area contributed by atoms with Crippen molar-refractivity contribution >= 4 is 40.3 Å². The van der Waals surface area contributed by atoms with Gasteiger partial charge in [0.05, 0.1) is 17.1 Å². The second-order valence-electron chi connectivity index (χ2n) is 6.85. The number of carbonyl (C=O) groups excluding carboxylic acids is 2. The predicted molar refractivity (Wildman–Crippen MR) is 116 cm³/mol. The first-order valence-corrected chi connectivity index (χ1v) is 9.24. The second-order valence-corrected chi connectivity index (χ2v) is 6.85. The van der Waals surface area contributed by atoms with Gasteiger partial charge >= 0.3 is 0 Å². The van der Waals surface area contributed by atoms with E-state index in [4.69, 9.17) is 5.73 Å². The van der Waals surface area contributed by atoms with Crippen LogP contribution >= 0.6 is 0 Å². The molecule has 1 unspecified atom stereocenters. The molecule has 144 valence electrons. The lowest BCUT2D eigenvalue weighted by molar-refractivity contribution is -0.115. The van der Waals surface area contributed by atoms with Gasteiger partial charge in [-0.2, -0.15) is 0 Å². The number of anilines is 3. The molecular weight excluding hydrogens is 364 g/mol. The molecule has 4 N–H and O–H groups in total. The van der Waals surface area contributed by atoms with E-state index in [1.807, 2.05) is 43.3 Å². The first kappa shape index (κ1) is 18.4. The maximum Gasteiger partial charge on any atom is 0.255 e. The van der Waals surface area contributed by atoms with E-state index >= 15 is 0 Å². The van der Waals surface area contributed by atoms with Crippen LogP contribution in [0.15, 0.2) is 77.8 Å². The molecule has 1 aliphatic heterocycles. The average molecular weight is 384 g/mol. The van der Waals surface area contributed by atoms with Crippen LogP contribution < -0.4 is 16.4 Å². The number of aliphatic imine (C=N–C) groups is 1. The number of amides is 2. The van der Waals surface area contributed by atoms with Gasteiger partial charge in [-0.15, -0.1) is 0 Å². The molecule has 0 aliphatic carbocycles. The van der Waals surface area contributed by atoms with Crippen molar-refractivity contribution in [2.45, 2.75) is 12.8 Å². The molecule has 1 atom stereocenters. The Bertz CT molecular complexity index is 1120. The summed E-state index contributed by atoms with van der Waals surface area (Å²) in [6, 6.07) is 21.6. The van der Waals surface area contributed by atoms with Crippen LogP contribution in [0.1, 0.15) is 28.8 Å². The van der Waals surface area contributed by atoms with Crippen molar-refractivity contribution in [1.82, 2.24) is 0 Å². The summed E-state index contributed by atoms with van der Waals surface area (Å²) in [5, 5.41) is 5.68. The molecule has 3 aromatic rings. The van der Waals surface area contributed by atoms with Gasteiger partial charge in [-0.1, -0.05) is 30.3 Å². The van der Waals surface area contributed by atoms with E-state index in [-0.39, 0.29) is 11.8 Å². The molecule has 0 fully saturated rings. The van der Waals surface area contributed by atoms with Crippen LogP contribution in [0.4, 0.5) is 22.7 Å². The van der Waals surface area contributed by atoms with Gasteiger partial charge < -0.3 is 16.4 Å². The van der Waals surface area contributed by atoms with E-state index < -0.39 is 5.92 Å². The number of nitrogens with zero attached hydrogens (tertiary/aromatic N) is 1. The lowest BCUT2D eigenvalue weighted by atomic mass is 9.96. The molecule has 1 aliphatic rings. The van der Waals surface area contributed by atoms with Crippen molar-refractivity contribution in [2.24, 2.45) is 4.99 Å². The number of nitrogen functional groups attached to an aromatic ring is 1. The van der Waals surface area contributed by atoms with Crippen molar-refractivity contribution in [3.8, 4) is 0 Å². The lowest BCUT2D eigenvalue weighted by Gasteiger charge is -2.10. The first-order valence-electron chi connectivity index (χ1n) is 9.24. The van der Waals surface area contributed by atoms with Crippen LogP contribution in [-0.2, 0) is 4.79 Å². The molecule has 0 saturated heterocycles. The number of nitrogens with one attached hydrogen (secondary N) is 2. The van der Waals surface area contributed by atoms with Crippen molar-refractivity contribution in [2.75, 3.05) is 16.4 Å². The Morgan fingerprint density at radius 2 is 1.69 bits per heavy atom. The molecule has 0 radical (unpaired) electrons. The standard InChI is InChI=1S/C23H20N4O2/c1-14(21-17-6-2-4-8-19(17)26-23(21)29)25-16-12-10-15(11-13-16)22(28)27-20-9-5-3-7-18(20)24/h2-13,21H,24H2,1H3,(H,26,29)(H,27,28). The number of hydrogen-bond acceptors (Lipinski definition) is 4. The Kier molecular flexibility index (Phi) is 4.83. The molecule has 6 nitrogen and oxygen atoms in total. The number of nitrogens with two attached hydrogens (primary N) is 1. The van der Waals surface area contributed by atoms with E-state index in [9.17, 15) is 9.59 Å². The highest BCUT2D eigenvalue weighted by atomic mass is 16.2. The van der Waals surface area contributed by atoms with Gasteiger partial charge in [-0.05, 0) is 55.0 Å². The van der Waals surface area contributed by atoms with Crippen molar-refractivity contribution in [3.05, 3.63) is 83.9 Å². The van der Waals surface area contributed by atoms with Gasteiger partial charge in [0.1, 0.15) is 5.92 Å². The molecule has 6 heteroatoms. The maximum atomic E-state index is 12.4. The fraction of sp³-hybridized carbons (Fsp3) is 0.0870. The highest BCUT2D eigenvalue weighted by Gasteiger charge is 2.32. The first-order chi connectivity index (χ1) is 14.0. The number of carbonyl (C=O) groups is 2. The predicted octanol–water partition coefficient (Wildman–Crippen LogP) is 4.35. The fourth-order valence-corrected chi connectivity index (χ4v) is 3.38. The molecule has 2 amide bonds. The van der Waals surface area contributed by atoms with Gasteiger partial charge in [0.2, 0.25) is 5.91 Å². The summed E-state index contributed by atoms with van der Waals surface area (Å²) in [5.41, 5.74) is 10.6. The van der Waals surface area contributed by atoms with Crippen LogP contribution in [0.5, 0.6) is 0 Å². The molecule has 1 heterocycles. The summed E-state index contributed by atoms with van der Waals surface area (Å²) in [4.78, 5) is 29.4. The van der Waals surface area contributed by atoms with Gasteiger partial charge in [0.15, 0.2) is 0 Å². The number of fused-ring (bicyclic) bond motifs is 1. The van der Waals surface area contributed by atoms with Gasteiger partial charge in [-0.25, -0.2) is 0 Å². The third kappa shape index (κ3) is 3.73. The zero-order valence-corrected chi connectivity index (χ0v) is 15.8. The Morgan fingerprint density at radius 1 is 1.00 bits per heavy atom. The number of rotatable bonds is 4. The summed E-state index contributed by atoms with van der Waals surface area (Å²) in [5.74, 6) is -0.738. The molecule has 4 rings (SSSR count). The summed E-state index contributed by atoms with van der Waals surface area (Å²) in [6.07, 6.45) is 0. The van der Waals surface area contributed by atoms with E-state index in [1.165, 1.54) is 0 Å². The van der Waals surface area contributed by atoms with Crippen LogP contribution in [0.25, 0.3) is 0 Å². The summed E-state index contributed by atoms with van der Waals surface area (Å²) >= 11 is 0. The van der Waals surface area contributed by atoms with E-state index in [2.05, 4.69) is 15.6 Å². The minimum Gasteiger partial charge on any atom is -0.397 e. The lowest BCUT2D eigenvalue weighted by Crippen LogP contribution is -2.18. The molecule has 0 bridgehead atoms. The Hall–Kier alpha value is -3.93. The van der Waals surface area contributed by atoms with Crippen LogP contribution in [0.3, 0.4) is 0 Å². The van der Waals surface area contributed by atoms with Crippen molar-refractivity contribution < 1.29 is 9.59 Å². The Labute approximate surface area is 168 Å². The third-order valence-electron chi connectivity index (χ3n) is 4.85.